The van der Waals surface area contributed by atoms with Crippen molar-refractivity contribution < 1.29 is 4.74 Å². The highest BCUT2D eigenvalue weighted by Crippen LogP contribution is 2.29. The second-order valence-corrected chi connectivity index (χ2v) is 7.46. The monoisotopic (exact) mass is 377 g/mol. The normalized spacial score (nSPS) is 15.8. The summed E-state index contributed by atoms with van der Waals surface area (Å²) in [6, 6.07) is 16.0. The molecular weight excluding hydrogens is 350 g/mol. The van der Waals surface area contributed by atoms with Crippen LogP contribution < -0.4 is 10.3 Å². The van der Waals surface area contributed by atoms with E-state index in [9.17, 15) is 4.79 Å². The molecule has 4 rings (SSSR count). The van der Waals surface area contributed by atoms with E-state index in [-0.39, 0.29) is 5.56 Å². The first-order chi connectivity index (χ1) is 13.7. The first-order valence-electron chi connectivity index (χ1n) is 9.83. The smallest absolute Gasteiger partial charge is 0.258 e. The number of fused-ring (bicyclic) bond motifs is 1. The summed E-state index contributed by atoms with van der Waals surface area (Å²) in [7, 11) is 3.81. The van der Waals surface area contributed by atoms with Crippen molar-refractivity contribution in [2.45, 2.75) is 6.54 Å². The molecular formula is C23H27N3O2. The lowest BCUT2D eigenvalue weighted by Crippen LogP contribution is -2.45. The van der Waals surface area contributed by atoms with E-state index in [0.29, 0.717) is 6.54 Å². The Bertz CT molecular complexity index is 1010. The third-order valence-corrected chi connectivity index (χ3v) is 5.63. The predicted molar refractivity (Wildman–Crippen MR) is 114 cm³/mol. The van der Waals surface area contributed by atoms with Gasteiger partial charge in [0.05, 0.1) is 7.11 Å². The van der Waals surface area contributed by atoms with Crippen LogP contribution in [0.25, 0.3) is 21.9 Å². The molecule has 0 atom stereocenters. The number of rotatable bonds is 5. The highest BCUT2D eigenvalue weighted by molar-refractivity contribution is 5.96. The van der Waals surface area contributed by atoms with Crippen LogP contribution in [0.2, 0.25) is 0 Å². The first-order valence-corrected chi connectivity index (χ1v) is 9.83. The number of likely N-dealkylation sites (N-methyl/N-ethyl adjacent to an activating group) is 1. The van der Waals surface area contributed by atoms with Gasteiger partial charge in [-0.1, -0.05) is 30.3 Å². The Morgan fingerprint density at radius 1 is 0.929 bits per heavy atom. The van der Waals surface area contributed by atoms with Crippen molar-refractivity contribution in [3.05, 3.63) is 65.1 Å². The van der Waals surface area contributed by atoms with E-state index >= 15 is 0 Å². The molecule has 0 saturated carbocycles. The minimum atomic E-state index is 0.0615. The molecule has 5 heteroatoms. The average molecular weight is 377 g/mol. The van der Waals surface area contributed by atoms with Crippen LogP contribution in [0.1, 0.15) is 0 Å². The van der Waals surface area contributed by atoms with Crippen molar-refractivity contribution in [3.8, 4) is 16.9 Å². The largest absolute Gasteiger partial charge is 0.497 e. The lowest BCUT2D eigenvalue weighted by atomic mass is 10.0. The molecule has 0 unspecified atom stereocenters. The fraction of sp³-hybridized carbons (Fsp3) is 0.348. The average Bonchev–Trinajstić information content (AvgIpc) is 2.74. The number of piperazine rings is 1. The van der Waals surface area contributed by atoms with E-state index in [4.69, 9.17) is 4.74 Å². The van der Waals surface area contributed by atoms with Gasteiger partial charge in [0.1, 0.15) is 5.75 Å². The molecule has 0 N–H and O–H groups in total. The molecule has 2 aromatic carbocycles. The molecule has 0 aliphatic carbocycles. The number of aromatic nitrogens is 1. The van der Waals surface area contributed by atoms with Crippen molar-refractivity contribution in [1.82, 2.24) is 14.4 Å². The maximum absolute atomic E-state index is 13.1. The number of ether oxygens (including phenoxy) is 1. The number of benzene rings is 2. The van der Waals surface area contributed by atoms with Gasteiger partial charge < -0.3 is 14.2 Å². The van der Waals surface area contributed by atoms with E-state index in [2.05, 4.69) is 29.0 Å². The van der Waals surface area contributed by atoms with Gasteiger partial charge in [-0.25, -0.2) is 0 Å². The first kappa shape index (κ1) is 18.7. The lowest BCUT2D eigenvalue weighted by molar-refractivity contribution is 0.150. The van der Waals surface area contributed by atoms with Gasteiger partial charge in [0.15, 0.2) is 0 Å². The number of hydrogen-bond acceptors (Lipinski definition) is 4. The Labute approximate surface area is 165 Å². The Kier molecular flexibility index (Phi) is 5.46. The molecule has 1 aromatic heterocycles. The van der Waals surface area contributed by atoms with Gasteiger partial charge in [0, 0.05) is 61.8 Å². The van der Waals surface area contributed by atoms with E-state index < -0.39 is 0 Å². The van der Waals surface area contributed by atoms with Crippen molar-refractivity contribution in [2.24, 2.45) is 0 Å². The highest BCUT2D eigenvalue weighted by atomic mass is 16.5. The van der Waals surface area contributed by atoms with Crippen molar-refractivity contribution in [2.75, 3.05) is 46.9 Å². The molecule has 1 saturated heterocycles. The Hall–Kier alpha value is -2.63. The van der Waals surface area contributed by atoms with Gasteiger partial charge in [-0.2, -0.15) is 0 Å². The van der Waals surface area contributed by atoms with Crippen LogP contribution in [0.5, 0.6) is 5.75 Å². The van der Waals surface area contributed by atoms with Gasteiger partial charge in [-0.3, -0.25) is 9.69 Å². The third kappa shape index (κ3) is 3.81. The summed E-state index contributed by atoms with van der Waals surface area (Å²) in [5.41, 5.74) is 2.23. The molecule has 28 heavy (non-hydrogen) atoms. The van der Waals surface area contributed by atoms with Gasteiger partial charge in [0.25, 0.3) is 5.56 Å². The second kappa shape index (κ2) is 8.17. The van der Waals surface area contributed by atoms with Crippen LogP contribution in [-0.2, 0) is 6.54 Å². The summed E-state index contributed by atoms with van der Waals surface area (Å²) in [4.78, 5) is 17.9. The number of hydrogen-bond donors (Lipinski definition) is 0. The Morgan fingerprint density at radius 2 is 1.68 bits per heavy atom. The summed E-state index contributed by atoms with van der Waals surface area (Å²) in [6.45, 7) is 5.88. The fourth-order valence-corrected chi connectivity index (χ4v) is 3.83. The zero-order valence-electron chi connectivity index (χ0n) is 16.6. The zero-order chi connectivity index (χ0) is 19.5. The number of pyridine rings is 1. The van der Waals surface area contributed by atoms with E-state index in [1.54, 1.807) is 7.11 Å². The van der Waals surface area contributed by atoms with Crippen LogP contribution in [0, 0.1) is 0 Å². The number of nitrogens with zero attached hydrogens (tertiary/aromatic N) is 3. The van der Waals surface area contributed by atoms with Gasteiger partial charge >= 0.3 is 0 Å². The van der Waals surface area contributed by atoms with E-state index in [1.807, 2.05) is 47.2 Å². The van der Waals surface area contributed by atoms with E-state index in [1.165, 1.54) is 0 Å². The van der Waals surface area contributed by atoms with Crippen molar-refractivity contribution in [1.29, 1.82) is 0 Å². The van der Waals surface area contributed by atoms with Crippen molar-refractivity contribution in [3.63, 3.8) is 0 Å². The minimum Gasteiger partial charge on any atom is -0.497 e. The topological polar surface area (TPSA) is 37.7 Å². The second-order valence-electron chi connectivity index (χ2n) is 7.46. The lowest BCUT2D eigenvalue weighted by Gasteiger charge is -2.32. The minimum absolute atomic E-state index is 0.0615. The Morgan fingerprint density at radius 3 is 2.39 bits per heavy atom. The molecule has 0 spiro atoms. The van der Waals surface area contributed by atoms with Crippen LogP contribution in [0.3, 0.4) is 0 Å². The van der Waals surface area contributed by atoms with Crippen LogP contribution in [-0.4, -0.2) is 61.2 Å². The van der Waals surface area contributed by atoms with Gasteiger partial charge in [0.2, 0.25) is 0 Å². The molecule has 5 nitrogen and oxygen atoms in total. The SMILES string of the molecule is COc1ccc2c(=O)n(CCN3CCN(C)CC3)cc(-c3ccccc3)c2c1. The summed E-state index contributed by atoms with van der Waals surface area (Å²) < 4.78 is 7.27. The highest BCUT2D eigenvalue weighted by Gasteiger charge is 2.15. The maximum atomic E-state index is 13.1. The quantitative estimate of drug-likeness (QED) is 0.685. The van der Waals surface area contributed by atoms with Gasteiger partial charge in [-0.15, -0.1) is 0 Å². The van der Waals surface area contributed by atoms with Crippen LogP contribution >= 0.6 is 0 Å². The summed E-state index contributed by atoms with van der Waals surface area (Å²) >= 11 is 0. The molecule has 1 fully saturated rings. The molecule has 0 radical (unpaired) electrons. The third-order valence-electron chi connectivity index (χ3n) is 5.63. The molecule has 1 aliphatic heterocycles. The maximum Gasteiger partial charge on any atom is 0.258 e. The predicted octanol–water partition coefficient (Wildman–Crippen LogP) is 2.92. The summed E-state index contributed by atoms with van der Waals surface area (Å²) in [5, 5.41) is 1.67. The standard InChI is InChI=1S/C23H27N3O2/c1-24-10-12-25(13-11-24)14-15-26-17-22(18-6-4-3-5-7-18)21-16-19(28-2)8-9-20(21)23(26)27/h3-9,16-17H,10-15H2,1-2H3. The van der Waals surface area contributed by atoms with Crippen molar-refractivity contribution >= 4 is 10.8 Å². The summed E-state index contributed by atoms with van der Waals surface area (Å²) in [5.74, 6) is 0.763. The number of methoxy groups -OCH3 is 1. The molecule has 0 amide bonds. The van der Waals surface area contributed by atoms with Crippen LogP contribution in [0.15, 0.2) is 59.5 Å². The van der Waals surface area contributed by atoms with E-state index in [0.717, 1.165) is 60.4 Å². The molecule has 1 aliphatic rings. The van der Waals surface area contributed by atoms with Crippen LogP contribution in [0.4, 0.5) is 0 Å². The molecule has 3 aromatic rings. The van der Waals surface area contributed by atoms with Gasteiger partial charge in [-0.05, 0) is 30.8 Å². The summed E-state index contributed by atoms with van der Waals surface area (Å²) in [6.07, 6.45) is 2.01. The molecule has 146 valence electrons. The molecule has 2 heterocycles. The fourth-order valence-electron chi connectivity index (χ4n) is 3.83. The molecule has 0 bridgehead atoms. The Balaban J connectivity index is 1.73. The zero-order valence-corrected chi connectivity index (χ0v) is 16.6.